The highest BCUT2D eigenvalue weighted by atomic mass is 16.5. The van der Waals surface area contributed by atoms with Crippen molar-refractivity contribution in [3.05, 3.63) is 99.5 Å². The van der Waals surface area contributed by atoms with Crippen LogP contribution in [-0.2, 0) is 22.5 Å². The topological polar surface area (TPSA) is 60.8 Å². The minimum absolute atomic E-state index is 0.217. The fourth-order valence-corrected chi connectivity index (χ4v) is 3.94. The highest BCUT2D eigenvalue weighted by Gasteiger charge is 2.14. The van der Waals surface area contributed by atoms with Gasteiger partial charge >= 0.3 is 0 Å². The molecule has 6 heteroatoms. The first-order valence-corrected chi connectivity index (χ1v) is 11.4. The lowest BCUT2D eigenvalue weighted by Gasteiger charge is -2.26. The van der Waals surface area contributed by atoms with Gasteiger partial charge in [0, 0.05) is 43.4 Å². The molecular weight excluding hydrogens is 428 g/mol. The summed E-state index contributed by atoms with van der Waals surface area (Å²) in [7, 11) is 1.44. The molecule has 0 bridgehead atoms. The lowest BCUT2D eigenvalue weighted by molar-refractivity contribution is -0.110. The summed E-state index contributed by atoms with van der Waals surface area (Å²) in [5.74, 6) is 6.62. The highest BCUT2D eigenvalue weighted by molar-refractivity contribution is 5.57. The number of ether oxygens (including phenoxy) is 2. The quantitative estimate of drug-likeness (QED) is 0.404. The Kier molecular flexibility index (Phi) is 7.92. The first-order valence-electron chi connectivity index (χ1n) is 11.4. The average Bonchev–Trinajstić information content (AvgIpc) is 2.88. The van der Waals surface area contributed by atoms with Crippen LogP contribution in [0.5, 0.6) is 5.75 Å². The number of carbonyl (C=O) groups is 1. The van der Waals surface area contributed by atoms with Crippen LogP contribution < -0.4 is 10.3 Å². The van der Waals surface area contributed by atoms with E-state index in [4.69, 9.17) is 9.47 Å². The summed E-state index contributed by atoms with van der Waals surface area (Å²) in [6, 6.07) is 18.8. The Morgan fingerprint density at radius 3 is 2.18 bits per heavy atom. The molecule has 1 atom stereocenters. The lowest BCUT2D eigenvalue weighted by Crippen LogP contribution is -2.35. The Balaban J connectivity index is 1.38. The van der Waals surface area contributed by atoms with E-state index in [1.54, 1.807) is 18.3 Å². The Bertz CT molecular complexity index is 1210. The maximum absolute atomic E-state index is 12.4. The number of hydrogen-bond donors (Lipinski definition) is 0. The van der Waals surface area contributed by atoms with Crippen molar-refractivity contribution in [2.45, 2.75) is 19.0 Å². The van der Waals surface area contributed by atoms with Gasteiger partial charge in [-0.25, -0.2) is 0 Å². The standard InChI is InChI=1S/C28H28N2O4/c1-33-27-3-2-14-30(28(27)32)26(21-31)19-24-10-6-22(7-11-24)4-5-23-8-12-25(13-9-23)20-29-15-17-34-18-16-29/h2-3,6-14,21,26H,15-20H2,1H3. The number of methoxy groups -OCH3 is 1. The first kappa shape index (κ1) is 23.5. The third-order valence-corrected chi connectivity index (χ3v) is 5.89. The molecule has 0 N–H and O–H groups in total. The summed E-state index contributed by atoms with van der Waals surface area (Å²) in [5, 5.41) is 0. The van der Waals surface area contributed by atoms with Gasteiger partial charge in [-0.05, 0) is 47.5 Å². The molecule has 2 heterocycles. The molecule has 174 valence electrons. The Morgan fingerprint density at radius 2 is 1.59 bits per heavy atom. The van der Waals surface area contributed by atoms with Gasteiger partial charge in [0.15, 0.2) is 5.75 Å². The number of benzene rings is 2. The van der Waals surface area contributed by atoms with Crippen LogP contribution in [0.2, 0.25) is 0 Å². The van der Waals surface area contributed by atoms with Gasteiger partial charge < -0.3 is 18.8 Å². The zero-order valence-corrected chi connectivity index (χ0v) is 19.3. The summed E-state index contributed by atoms with van der Waals surface area (Å²) in [5.41, 5.74) is 3.76. The number of nitrogens with zero attached hydrogens (tertiary/aromatic N) is 2. The van der Waals surface area contributed by atoms with Crippen LogP contribution in [0.4, 0.5) is 0 Å². The fourth-order valence-electron chi connectivity index (χ4n) is 3.94. The van der Waals surface area contributed by atoms with E-state index in [-0.39, 0.29) is 11.3 Å². The summed E-state index contributed by atoms with van der Waals surface area (Å²) >= 11 is 0. The number of pyridine rings is 1. The molecule has 1 aliphatic heterocycles. The van der Waals surface area contributed by atoms with Gasteiger partial charge in [-0.1, -0.05) is 36.1 Å². The van der Waals surface area contributed by atoms with Crippen LogP contribution in [0.1, 0.15) is 28.3 Å². The molecule has 0 aliphatic carbocycles. The molecule has 1 fully saturated rings. The van der Waals surface area contributed by atoms with Gasteiger partial charge in [-0.3, -0.25) is 9.69 Å². The van der Waals surface area contributed by atoms with Crippen LogP contribution in [-0.4, -0.2) is 49.2 Å². The summed E-state index contributed by atoms with van der Waals surface area (Å²) in [4.78, 5) is 26.5. The van der Waals surface area contributed by atoms with E-state index in [0.717, 1.165) is 55.8 Å². The van der Waals surface area contributed by atoms with Crippen LogP contribution in [0.25, 0.3) is 0 Å². The molecule has 0 spiro atoms. The zero-order valence-electron chi connectivity index (χ0n) is 19.3. The largest absolute Gasteiger partial charge is 0.491 e. The second-order valence-corrected chi connectivity index (χ2v) is 8.23. The smallest absolute Gasteiger partial charge is 0.293 e. The van der Waals surface area contributed by atoms with E-state index in [9.17, 15) is 9.59 Å². The Labute approximate surface area is 199 Å². The number of morpholine rings is 1. The summed E-state index contributed by atoms with van der Waals surface area (Å²) < 4.78 is 11.9. The molecule has 1 unspecified atom stereocenters. The molecule has 1 aliphatic rings. The highest BCUT2D eigenvalue weighted by Crippen LogP contribution is 2.14. The van der Waals surface area contributed by atoms with Crippen molar-refractivity contribution in [1.29, 1.82) is 0 Å². The predicted octanol–water partition coefficient (Wildman–Crippen LogP) is 3.07. The van der Waals surface area contributed by atoms with E-state index in [1.165, 1.54) is 17.2 Å². The molecule has 3 aromatic rings. The molecule has 1 saturated heterocycles. The van der Waals surface area contributed by atoms with Crippen molar-refractivity contribution in [2.24, 2.45) is 0 Å². The predicted molar refractivity (Wildman–Crippen MR) is 131 cm³/mol. The van der Waals surface area contributed by atoms with Crippen molar-refractivity contribution in [3.63, 3.8) is 0 Å². The Morgan fingerprint density at radius 1 is 0.971 bits per heavy atom. The molecule has 6 nitrogen and oxygen atoms in total. The van der Waals surface area contributed by atoms with E-state index in [2.05, 4.69) is 41.0 Å². The van der Waals surface area contributed by atoms with E-state index >= 15 is 0 Å². The summed E-state index contributed by atoms with van der Waals surface area (Å²) in [6.45, 7) is 4.49. The maximum atomic E-state index is 12.4. The van der Waals surface area contributed by atoms with Crippen LogP contribution in [0.15, 0.2) is 71.7 Å². The molecule has 0 amide bonds. The molecular formula is C28H28N2O4. The van der Waals surface area contributed by atoms with E-state index in [1.807, 2.05) is 24.3 Å². The molecule has 0 saturated carbocycles. The van der Waals surface area contributed by atoms with Gasteiger partial charge in [0.2, 0.25) is 0 Å². The molecule has 34 heavy (non-hydrogen) atoms. The summed E-state index contributed by atoms with van der Waals surface area (Å²) in [6.07, 6.45) is 2.81. The Hall–Kier alpha value is -3.66. The normalized spacial score (nSPS) is 14.6. The average molecular weight is 457 g/mol. The molecule has 1 aromatic heterocycles. The van der Waals surface area contributed by atoms with Gasteiger partial charge in [-0.15, -0.1) is 0 Å². The monoisotopic (exact) mass is 456 g/mol. The van der Waals surface area contributed by atoms with Crippen molar-refractivity contribution >= 4 is 6.29 Å². The number of aldehydes is 1. The second kappa shape index (κ2) is 11.5. The molecule has 0 radical (unpaired) electrons. The van der Waals surface area contributed by atoms with Crippen molar-refractivity contribution in [1.82, 2.24) is 9.47 Å². The SMILES string of the molecule is COc1cccn(C(C=O)Cc2ccc(C#Cc3ccc(CN4CCOCC4)cc3)cc2)c1=O. The second-order valence-electron chi connectivity index (χ2n) is 8.23. The minimum Gasteiger partial charge on any atom is -0.491 e. The van der Waals surface area contributed by atoms with Crippen molar-refractivity contribution < 1.29 is 14.3 Å². The number of carbonyl (C=O) groups excluding carboxylic acids is 1. The number of rotatable bonds is 7. The maximum Gasteiger partial charge on any atom is 0.293 e. The molecule has 4 rings (SSSR count). The van der Waals surface area contributed by atoms with Gasteiger partial charge in [-0.2, -0.15) is 0 Å². The third-order valence-electron chi connectivity index (χ3n) is 5.89. The number of aromatic nitrogens is 1. The van der Waals surface area contributed by atoms with Gasteiger partial charge in [0.25, 0.3) is 5.56 Å². The van der Waals surface area contributed by atoms with Crippen molar-refractivity contribution in [3.8, 4) is 17.6 Å². The van der Waals surface area contributed by atoms with Crippen LogP contribution >= 0.6 is 0 Å². The zero-order chi connectivity index (χ0) is 23.8. The van der Waals surface area contributed by atoms with Crippen LogP contribution in [0.3, 0.4) is 0 Å². The van der Waals surface area contributed by atoms with E-state index in [0.29, 0.717) is 6.42 Å². The lowest BCUT2D eigenvalue weighted by atomic mass is 10.0. The molecule has 2 aromatic carbocycles. The minimum atomic E-state index is -0.601. The van der Waals surface area contributed by atoms with Crippen LogP contribution in [0, 0.1) is 11.8 Å². The van der Waals surface area contributed by atoms with E-state index < -0.39 is 6.04 Å². The van der Waals surface area contributed by atoms with Gasteiger partial charge in [0.05, 0.1) is 26.4 Å². The number of hydrogen-bond acceptors (Lipinski definition) is 5. The van der Waals surface area contributed by atoms with Gasteiger partial charge in [0.1, 0.15) is 6.29 Å². The van der Waals surface area contributed by atoms with Crippen molar-refractivity contribution in [2.75, 3.05) is 33.4 Å². The first-order chi connectivity index (χ1) is 16.7. The third kappa shape index (κ3) is 6.02. The fraction of sp³-hybridized carbons (Fsp3) is 0.286.